The Labute approximate surface area is 138 Å². The van der Waals surface area contributed by atoms with Crippen molar-refractivity contribution in [1.29, 1.82) is 0 Å². The molecule has 6 atom stereocenters. The van der Waals surface area contributed by atoms with Crippen molar-refractivity contribution in [1.82, 2.24) is 0 Å². The summed E-state index contributed by atoms with van der Waals surface area (Å²) in [5.41, 5.74) is 8.88. The van der Waals surface area contributed by atoms with Crippen LogP contribution in [0.2, 0.25) is 0 Å². The molecule has 9 nitrogen and oxygen atoms in total. The van der Waals surface area contributed by atoms with Crippen molar-refractivity contribution in [3.63, 3.8) is 0 Å². The Hall–Kier alpha value is -2.16. The van der Waals surface area contributed by atoms with Gasteiger partial charge >= 0.3 is 11.9 Å². The lowest BCUT2D eigenvalue weighted by atomic mass is 9.63. The molecule has 6 N–H and O–H groups in total. The van der Waals surface area contributed by atoms with Gasteiger partial charge in [-0.25, -0.2) is 4.79 Å². The lowest BCUT2D eigenvalue weighted by Gasteiger charge is -2.43. The summed E-state index contributed by atoms with van der Waals surface area (Å²) in [6, 6.07) is 0. The van der Waals surface area contributed by atoms with Crippen molar-refractivity contribution >= 4 is 23.8 Å². The van der Waals surface area contributed by atoms with Gasteiger partial charge in [0, 0.05) is 5.92 Å². The number of hydrogen-bond donors (Lipinski definition) is 4. The molecule has 2 aliphatic rings. The molecule has 0 aromatic rings. The second kappa shape index (κ2) is 6.39. The van der Waals surface area contributed by atoms with Crippen LogP contribution in [0.25, 0.3) is 0 Å². The highest BCUT2D eigenvalue weighted by Crippen LogP contribution is 2.51. The molecule has 6 unspecified atom stereocenters. The summed E-state index contributed by atoms with van der Waals surface area (Å²) in [6.45, 7) is 1.85. The molecule has 9 heteroatoms. The number of carbonyl (C=O) groups excluding carboxylic acids is 2. The van der Waals surface area contributed by atoms with E-state index in [2.05, 4.69) is 0 Å². The molecular formula is C15H22N2O7. The van der Waals surface area contributed by atoms with Crippen LogP contribution in [-0.2, 0) is 23.9 Å². The number of amides is 2. The Morgan fingerprint density at radius 2 is 1.62 bits per heavy atom. The monoisotopic (exact) mass is 342 g/mol. The Kier molecular flexibility index (Phi) is 4.84. The summed E-state index contributed by atoms with van der Waals surface area (Å²) in [6.07, 6.45) is 1.02. The van der Waals surface area contributed by atoms with E-state index in [-0.39, 0.29) is 5.92 Å². The van der Waals surface area contributed by atoms with Crippen LogP contribution >= 0.6 is 0 Å². The number of primary amides is 2. The quantitative estimate of drug-likeness (QED) is 0.513. The number of nitrogens with two attached hydrogens (primary N) is 2. The summed E-state index contributed by atoms with van der Waals surface area (Å²) in [7, 11) is 0. The van der Waals surface area contributed by atoms with E-state index in [1.165, 1.54) is 0 Å². The molecule has 0 radical (unpaired) electrons. The molecule has 1 heterocycles. The van der Waals surface area contributed by atoms with E-state index < -0.39 is 53.2 Å². The van der Waals surface area contributed by atoms with E-state index in [9.17, 15) is 29.4 Å². The number of aliphatic carboxylic acids is 2. The fourth-order valence-electron chi connectivity index (χ4n) is 4.33. The maximum atomic E-state index is 12.3. The predicted octanol–water partition coefficient (Wildman–Crippen LogP) is -0.677. The minimum Gasteiger partial charge on any atom is -0.481 e. The van der Waals surface area contributed by atoms with Gasteiger partial charge in [-0.15, -0.1) is 0 Å². The molecule has 2 amide bonds. The van der Waals surface area contributed by atoms with Crippen LogP contribution in [0.4, 0.5) is 0 Å². The summed E-state index contributed by atoms with van der Waals surface area (Å²) in [5, 5.41) is 18.7. The Balaban J connectivity index is 2.63. The van der Waals surface area contributed by atoms with Gasteiger partial charge in [0.15, 0.2) is 11.7 Å². The molecule has 0 bridgehead atoms. The first-order valence-electron chi connectivity index (χ1n) is 7.87. The Bertz CT molecular complexity index is 578. The van der Waals surface area contributed by atoms with E-state index in [1.54, 1.807) is 0 Å². The molecule has 1 saturated heterocycles. The smallest absolute Gasteiger partial charge is 0.333 e. The van der Waals surface area contributed by atoms with Gasteiger partial charge in [-0.05, 0) is 12.3 Å². The van der Waals surface area contributed by atoms with Gasteiger partial charge in [0.2, 0.25) is 5.91 Å². The number of ether oxygens (including phenoxy) is 1. The van der Waals surface area contributed by atoms with Crippen LogP contribution in [-0.4, -0.2) is 45.7 Å². The van der Waals surface area contributed by atoms with Crippen molar-refractivity contribution in [3.05, 3.63) is 0 Å². The molecule has 2 fully saturated rings. The van der Waals surface area contributed by atoms with Gasteiger partial charge in [0.05, 0.1) is 5.92 Å². The topological polar surface area (TPSA) is 170 Å². The molecule has 2 rings (SSSR count). The van der Waals surface area contributed by atoms with Gasteiger partial charge in [-0.3, -0.25) is 14.4 Å². The number of rotatable bonds is 5. The standard InChI is InChI=1S/C15H22N2O7/c1-6-4-2-3-5-7(6)15(14(17)23)9(11(16)18)8(12(19)20)10(24-15)13(21)22/h6-10H,2-5H2,1H3,(H2,16,18)(H2,17,23)(H,19,20)(H,21,22). The molecule has 0 spiro atoms. The maximum absolute atomic E-state index is 12.3. The van der Waals surface area contributed by atoms with E-state index in [0.29, 0.717) is 6.42 Å². The normalized spacial score (nSPS) is 39.3. The zero-order valence-corrected chi connectivity index (χ0v) is 13.3. The third kappa shape index (κ3) is 2.62. The van der Waals surface area contributed by atoms with Crippen LogP contribution in [0.15, 0.2) is 0 Å². The zero-order valence-electron chi connectivity index (χ0n) is 13.3. The minimum absolute atomic E-state index is 0.0879. The van der Waals surface area contributed by atoms with E-state index in [0.717, 1.165) is 19.3 Å². The molecule has 0 aromatic heterocycles. The number of carboxylic acids is 2. The Morgan fingerprint density at radius 1 is 1.04 bits per heavy atom. The predicted molar refractivity (Wildman–Crippen MR) is 79.4 cm³/mol. The fourth-order valence-corrected chi connectivity index (χ4v) is 4.33. The highest BCUT2D eigenvalue weighted by atomic mass is 16.6. The van der Waals surface area contributed by atoms with Crippen molar-refractivity contribution in [2.75, 3.05) is 0 Å². The summed E-state index contributed by atoms with van der Waals surface area (Å²) < 4.78 is 5.47. The SMILES string of the molecule is CC1CCCCC1C1(C(N)=O)OC(C(=O)O)C(C(=O)O)C1C(N)=O. The number of hydrogen-bond acceptors (Lipinski definition) is 5. The number of carbonyl (C=O) groups is 4. The van der Waals surface area contributed by atoms with Crippen molar-refractivity contribution in [2.24, 2.45) is 35.1 Å². The molecular weight excluding hydrogens is 320 g/mol. The second-order valence-electron chi connectivity index (χ2n) is 6.65. The molecule has 1 aliphatic carbocycles. The average Bonchev–Trinajstić information content (AvgIpc) is 2.85. The van der Waals surface area contributed by atoms with Gasteiger partial charge in [0.1, 0.15) is 5.92 Å². The second-order valence-corrected chi connectivity index (χ2v) is 6.65. The van der Waals surface area contributed by atoms with Crippen molar-refractivity contribution in [2.45, 2.75) is 44.3 Å². The summed E-state index contributed by atoms with van der Waals surface area (Å²) >= 11 is 0. The Morgan fingerprint density at radius 3 is 2.04 bits per heavy atom. The lowest BCUT2D eigenvalue weighted by molar-refractivity contribution is -0.175. The first-order chi connectivity index (χ1) is 11.1. The lowest BCUT2D eigenvalue weighted by Crippen LogP contribution is -2.60. The fraction of sp³-hybridized carbons (Fsp3) is 0.733. The third-order valence-corrected chi connectivity index (χ3v) is 5.35. The molecule has 1 aliphatic heterocycles. The first kappa shape index (κ1) is 18.2. The van der Waals surface area contributed by atoms with Crippen molar-refractivity contribution < 1.29 is 34.1 Å². The van der Waals surface area contributed by atoms with Gasteiger partial charge in [0.25, 0.3) is 5.91 Å². The van der Waals surface area contributed by atoms with Crippen LogP contribution in [0.3, 0.4) is 0 Å². The van der Waals surface area contributed by atoms with Gasteiger partial charge < -0.3 is 26.4 Å². The summed E-state index contributed by atoms with van der Waals surface area (Å²) in [4.78, 5) is 47.4. The molecule has 1 saturated carbocycles. The van der Waals surface area contributed by atoms with Crippen molar-refractivity contribution in [3.8, 4) is 0 Å². The number of carboxylic acid groups (broad SMARTS) is 2. The summed E-state index contributed by atoms with van der Waals surface area (Å²) in [5.74, 6) is -9.30. The molecule has 0 aromatic carbocycles. The maximum Gasteiger partial charge on any atom is 0.333 e. The van der Waals surface area contributed by atoms with Crippen LogP contribution < -0.4 is 11.5 Å². The first-order valence-corrected chi connectivity index (χ1v) is 7.87. The average molecular weight is 342 g/mol. The van der Waals surface area contributed by atoms with Gasteiger partial charge in [-0.2, -0.15) is 0 Å². The van der Waals surface area contributed by atoms with E-state index in [1.807, 2.05) is 6.92 Å². The van der Waals surface area contributed by atoms with E-state index >= 15 is 0 Å². The van der Waals surface area contributed by atoms with Crippen LogP contribution in [0.5, 0.6) is 0 Å². The van der Waals surface area contributed by atoms with E-state index in [4.69, 9.17) is 16.2 Å². The van der Waals surface area contributed by atoms with Crippen LogP contribution in [0, 0.1) is 23.7 Å². The molecule has 134 valence electrons. The zero-order chi connectivity index (χ0) is 18.2. The van der Waals surface area contributed by atoms with Crippen LogP contribution in [0.1, 0.15) is 32.6 Å². The third-order valence-electron chi connectivity index (χ3n) is 5.35. The molecule has 24 heavy (non-hydrogen) atoms. The largest absolute Gasteiger partial charge is 0.481 e. The highest BCUT2D eigenvalue weighted by molar-refractivity contribution is 5.98. The minimum atomic E-state index is -2.02. The highest BCUT2D eigenvalue weighted by Gasteiger charge is 2.68. The van der Waals surface area contributed by atoms with Gasteiger partial charge in [-0.1, -0.05) is 26.2 Å².